The second-order valence-electron chi connectivity index (χ2n) is 7.89. The predicted octanol–water partition coefficient (Wildman–Crippen LogP) is 3.63. The van der Waals surface area contributed by atoms with Crippen LogP contribution in [-0.4, -0.2) is 28.8 Å². The van der Waals surface area contributed by atoms with Crippen LogP contribution >= 0.6 is 0 Å². The van der Waals surface area contributed by atoms with E-state index in [1.807, 2.05) is 6.92 Å². The van der Waals surface area contributed by atoms with Crippen LogP contribution in [0.4, 0.5) is 18.9 Å². The highest BCUT2D eigenvalue weighted by molar-refractivity contribution is 5.65. The number of anilines is 1. The first-order valence-electron chi connectivity index (χ1n) is 9.56. The van der Waals surface area contributed by atoms with Gasteiger partial charge in [-0.15, -0.1) is 5.10 Å². The first-order chi connectivity index (χ1) is 13.3. The second kappa shape index (κ2) is 7.27. The third kappa shape index (κ3) is 4.24. The normalized spacial score (nSPS) is 23.3. The molecule has 1 aromatic carbocycles. The Kier molecular flexibility index (Phi) is 4.95. The van der Waals surface area contributed by atoms with E-state index in [1.54, 1.807) is 0 Å². The highest BCUT2D eigenvalue weighted by Gasteiger charge is 2.37. The number of halogens is 3. The molecule has 0 unspecified atom stereocenters. The molecule has 9 heteroatoms. The Balaban J connectivity index is 1.46. The Morgan fingerprint density at radius 3 is 2.68 bits per heavy atom. The van der Waals surface area contributed by atoms with Gasteiger partial charge in [-0.3, -0.25) is 0 Å². The molecule has 2 aliphatic rings. The summed E-state index contributed by atoms with van der Waals surface area (Å²) < 4.78 is 45.2. The van der Waals surface area contributed by atoms with Crippen molar-refractivity contribution >= 4 is 5.69 Å². The van der Waals surface area contributed by atoms with Crippen molar-refractivity contribution in [2.24, 2.45) is 11.8 Å². The molecule has 2 fully saturated rings. The van der Waals surface area contributed by atoms with Crippen LogP contribution in [0.2, 0.25) is 0 Å². The standard InChI is InChI=1S/C19H23F3N4O2/c1-10(13-6-14(7-13)23-9-11-2-3-11)24-16-8-12(17-25-26-18(27)28-17)4-5-15(16)19(20,21)22/h4-5,8,10-11,13-14,23-24H,2-3,6-7,9H2,1H3,(H,26,27)/t10-,13?,14?/m0/s1. The lowest BCUT2D eigenvalue weighted by Crippen LogP contribution is -2.47. The predicted molar refractivity (Wildman–Crippen MR) is 97.9 cm³/mol. The summed E-state index contributed by atoms with van der Waals surface area (Å²) in [7, 11) is 0. The van der Waals surface area contributed by atoms with Crippen LogP contribution in [0.5, 0.6) is 0 Å². The van der Waals surface area contributed by atoms with Gasteiger partial charge in [0.25, 0.3) is 0 Å². The first-order valence-corrected chi connectivity index (χ1v) is 9.56. The van der Waals surface area contributed by atoms with E-state index in [9.17, 15) is 18.0 Å². The fourth-order valence-corrected chi connectivity index (χ4v) is 3.65. The van der Waals surface area contributed by atoms with Gasteiger partial charge >= 0.3 is 11.9 Å². The lowest BCUT2D eigenvalue weighted by atomic mass is 9.76. The van der Waals surface area contributed by atoms with Gasteiger partial charge in [0.1, 0.15) is 0 Å². The summed E-state index contributed by atoms with van der Waals surface area (Å²) in [6.07, 6.45) is 0.0227. The highest BCUT2D eigenvalue weighted by Crippen LogP contribution is 2.39. The Hall–Kier alpha value is -2.29. The average Bonchev–Trinajstić information content (AvgIpc) is 3.31. The zero-order valence-electron chi connectivity index (χ0n) is 15.5. The monoisotopic (exact) mass is 396 g/mol. The summed E-state index contributed by atoms with van der Waals surface area (Å²) in [4.78, 5) is 11.1. The van der Waals surface area contributed by atoms with Crippen LogP contribution in [0.3, 0.4) is 0 Å². The molecule has 0 radical (unpaired) electrons. The van der Waals surface area contributed by atoms with Gasteiger partial charge in [-0.05, 0) is 69.2 Å². The van der Waals surface area contributed by atoms with Crippen molar-refractivity contribution in [2.75, 3.05) is 11.9 Å². The van der Waals surface area contributed by atoms with Crippen molar-refractivity contribution < 1.29 is 17.6 Å². The van der Waals surface area contributed by atoms with Crippen LogP contribution in [-0.2, 0) is 6.18 Å². The lowest BCUT2D eigenvalue weighted by molar-refractivity contribution is -0.137. The summed E-state index contributed by atoms with van der Waals surface area (Å²) in [5.74, 6) is 0.331. The van der Waals surface area contributed by atoms with Crippen molar-refractivity contribution in [3.8, 4) is 11.5 Å². The van der Waals surface area contributed by atoms with E-state index in [4.69, 9.17) is 4.42 Å². The molecule has 152 valence electrons. The Morgan fingerprint density at radius 2 is 2.07 bits per heavy atom. The molecule has 4 rings (SSSR count). The number of benzene rings is 1. The molecule has 1 aromatic heterocycles. The number of nitrogens with zero attached hydrogens (tertiary/aromatic N) is 1. The number of alkyl halides is 3. The molecule has 2 saturated carbocycles. The zero-order chi connectivity index (χ0) is 19.9. The van der Waals surface area contributed by atoms with Crippen molar-refractivity contribution in [1.29, 1.82) is 0 Å². The zero-order valence-corrected chi connectivity index (χ0v) is 15.5. The number of aromatic amines is 1. The topological polar surface area (TPSA) is 83.0 Å². The van der Waals surface area contributed by atoms with E-state index in [-0.39, 0.29) is 17.6 Å². The lowest BCUT2D eigenvalue weighted by Gasteiger charge is -2.40. The number of hydrogen-bond acceptors (Lipinski definition) is 5. The smallest absolute Gasteiger partial charge is 0.388 e. The minimum atomic E-state index is -4.49. The van der Waals surface area contributed by atoms with E-state index >= 15 is 0 Å². The van der Waals surface area contributed by atoms with Gasteiger partial charge in [0.15, 0.2) is 0 Å². The van der Waals surface area contributed by atoms with Gasteiger partial charge in [0.05, 0.1) is 5.56 Å². The Bertz CT molecular complexity index is 882. The van der Waals surface area contributed by atoms with Gasteiger partial charge in [-0.25, -0.2) is 9.89 Å². The molecule has 0 spiro atoms. The SMILES string of the molecule is C[C@H](Nc1cc(-c2n[nH]c(=O)o2)ccc1C(F)(F)F)C1CC(NCC2CC2)C1. The fourth-order valence-electron chi connectivity index (χ4n) is 3.65. The van der Waals surface area contributed by atoms with E-state index < -0.39 is 17.5 Å². The number of aromatic nitrogens is 2. The number of hydrogen-bond donors (Lipinski definition) is 3. The average molecular weight is 396 g/mol. The van der Waals surface area contributed by atoms with Crippen molar-refractivity contribution in [3.63, 3.8) is 0 Å². The maximum absolute atomic E-state index is 13.4. The van der Waals surface area contributed by atoms with Gasteiger partial charge < -0.3 is 15.1 Å². The minimum absolute atomic E-state index is 0.0301. The quantitative estimate of drug-likeness (QED) is 0.666. The number of H-pyrrole nitrogens is 1. The maximum atomic E-state index is 13.4. The summed E-state index contributed by atoms with van der Waals surface area (Å²) in [6.45, 7) is 2.96. The van der Waals surface area contributed by atoms with Crippen LogP contribution < -0.4 is 16.4 Å². The van der Waals surface area contributed by atoms with Gasteiger partial charge in [-0.2, -0.15) is 13.2 Å². The van der Waals surface area contributed by atoms with Crippen LogP contribution in [0.25, 0.3) is 11.5 Å². The van der Waals surface area contributed by atoms with E-state index in [0.717, 1.165) is 31.4 Å². The fraction of sp³-hybridized carbons (Fsp3) is 0.579. The molecule has 0 amide bonds. The molecule has 2 aliphatic carbocycles. The third-order valence-corrected chi connectivity index (χ3v) is 5.67. The van der Waals surface area contributed by atoms with E-state index in [0.29, 0.717) is 17.5 Å². The minimum Gasteiger partial charge on any atom is -0.388 e. The molecule has 2 aromatic rings. The summed E-state index contributed by atoms with van der Waals surface area (Å²) in [6, 6.07) is 3.92. The summed E-state index contributed by atoms with van der Waals surface area (Å²) in [5.41, 5.74) is -0.472. The maximum Gasteiger partial charge on any atom is 0.434 e. The molecular formula is C19H23F3N4O2. The van der Waals surface area contributed by atoms with Gasteiger partial charge in [-0.1, -0.05) is 0 Å². The molecule has 6 nitrogen and oxygen atoms in total. The van der Waals surface area contributed by atoms with Gasteiger partial charge in [0.2, 0.25) is 5.89 Å². The first kappa shape index (κ1) is 19.0. The molecule has 1 atom stereocenters. The Labute approximate surface area is 159 Å². The molecule has 3 N–H and O–H groups in total. The van der Waals surface area contributed by atoms with Crippen LogP contribution in [0.1, 0.15) is 38.2 Å². The molecule has 28 heavy (non-hydrogen) atoms. The molecule has 0 bridgehead atoms. The molecular weight excluding hydrogens is 373 g/mol. The van der Waals surface area contributed by atoms with Gasteiger partial charge in [0, 0.05) is 23.3 Å². The van der Waals surface area contributed by atoms with E-state index in [1.165, 1.54) is 25.0 Å². The number of rotatable bonds is 7. The van der Waals surface area contributed by atoms with Crippen molar-refractivity contribution in [3.05, 3.63) is 34.3 Å². The summed E-state index contributed by atoms with van der Waals surface area (Å²) in [5, 5.41) is 12.4. The second-order valence-corrected chi connectivity index (χ2v) is 7.89. The van der Waals surface area contributed by atoms with Crippen LogP contribution in [0, 0.1) is 11.8 Å². The number of nitrogens with one attached hydrogen (secondary N) is 3. The Morgan fingerprint density at radius 1 is 1.32 bits per heavy atom. The van der Waals surface area contributed by atoms with Crippen LogP contribution in [0.15, 0.2) is 27.4 Å². The van der Waals surface area contributed by atoms with E-state index in [2.05, 4.69) is 20.8 Å². The van der Waals surface area contributed by atoms with Crippen molar-refractivity contribution in [1.82, 2.24) is 15.5 Å². The molecule has 0 saturated heterocycles. The summed E-state index contributed by atoms with van der Waals surface area (Å²) >= 11 is 0. The molecule has 1 heterocycles. The molecule has 0 aliphatic heterocycles. The highest BCUT2D eigenvalue weighted by atomic mass is 19.4. The largest absolute Gasteiger partial charge is 0.434 e. The third-order valence-electron chi connectivity index (χ3n) is 5.67. The van der Waals surface area contributed by atoms with Crippen molar-refractivity contribution in [2.45, 2.75) is 50.9 Å².